The molecule has 0 heterocycles. The largest absolute Gasteiger partial charge is 0.395 e. The van der Waals surface area contributed by atoms with E-state index in [0.29, 0.717) is 0 Å². The molecule has 0 spiro atoms. The zero-order valence-corrected chi connectivity index (χ0v) is 15.5. The Morgan fingerprint density at radius 2 is 1.31 bits per heavy atom. The molecular weight excluding hydrogens is 316 g/mol. The summed E-state index contributed by atoms with van der Waals surface area (Å²) < 4.78 is 0. The number of hydrogen-bond acceptors (Lipinski definition) is 1. The Hall–Kier alpha value is -2.64. The van der Waals surface area contributed by atoms with Gasteiger partial charge in [0, 0.05) is 5.41 Å². The minimum absolute atomic E-state index is 0.115. The van der Waals surface area contributed by atoms with Gasteiger partial charge in [-0.3, -0.25) is 0 Å². The van der Waals surface area contributed by atoms with Crippen molar-refractivity contribution in [3.05, 3.63) is 113 Å². The predicted octanol–water partition coefficient (Wildman–Crippen LogP) is 5.77. The number of aliphatic hydroxyl groups is 1. The Morgan fingerprint density at radius 1 is 0.808 bits per heavy atom. The number of hydrogen-bond donors (Lipinski definition) is 1. The lowest BCUT2D eigenvalue weighted by molar-refractivity contribution is 0.207. The van der Waals surface area contributed by atoms with E-state index in [2.05, 4.69) is 92.7 Å². The van der Waals surface area contributed by atoms with Crippen LogP contribution in [0.3, 0.4) is 0 Å². The minimum atomic E-state index is -0.303. The lowest BCUT2D eigenvalue weighted by atomic mass is 9.79. The van der Waals surface area contributed by atoms with Gasteiger partial charge in [0.05, 0.1) is 6.61 Å². The number of aryl methyl sites for hydroxylation is 1. The second-order valence-corrected chi connectivity index (χ2v) is 7.14. The molecule has 26 heavy (non-hydrogen) atoms. The molecule has 3 rings (SSSR count). The Morgan fingerprint density at radius 3 is 1.77 bits per heavy atom. The maximum absolute atomic E-state index is 10.1. The van der Waals surface area contributed by atoms with Crippen molar-refractivity contribution >= 4 is 5.57 Å². The van der Waals surface area contributed by atoms with Gasteiger partial charge in [0.1, 0.15) is 0 Å². The number of benzene rings is 3. The molecule has 132 valence electrons. The second kappa shape index (κ2) is 8.16. The number of rotatable bonds is 6. The van der Waals surface area contributed by atoms with E-state index in [1.807, 2.05) is 12.1 Å². The van der Waals surface area contributed by atoms with Crippen LogP contribution in [0.15, 0.2) is 91.0 Å². The minimum Gasteiger partial charge on any atom is -0.395 e. The molecule has 0 saturated carbocycles. The molecule has 3 aromatic rings. The van der Waals surface area contributed by atoms with Gasteiger partial charge in [-0.25, -0.2) is 0 Å². The molecule has 3 aromatic carbocycles. The van der Waals surface area contributed by atoms with Gasteiger partial charge in [0.15, 0.2) is 0 Å². The summed E-state index contributed by atoms with van der Waals surface area (Å²) in [7, 11) is 0. The third-order valence-corrected chi connectivity index (χ3v) is 5.02. The monoisotopic (exact) mass is 342 g/mol. The van der Waals surface area contributed by atoms with Crippen molar-refractivity contribution in [2.75, 3.05) is 6.61 Å². The Bertz CT molecular complexity index is 806. The van der Waals surface area contributed by atoms with Gasteiger partial charge in [-0.1, -0.05) is 103 Å². The molecular formula is C25H26O. The SMILES string of the molecule is Cc1ccc(C(C)(CO)CC=C(c2ccccc2)c2ccccc2)cc1. The molecule has 0 aliphatic heterocycles. The summed E-state index contributed by atoms with van der Waals surface area (Å²) in [6, 6.07) is 29.4. The fourth-order valence-corrected chi connectivity index (χ4v) is 3.19. The van der Waals surface area contributed by atoms with E-state index in [1.54, 1.807) is 0 Å². The normalized spacial score (nSPS) is 13.0. The topological polar surface area (TPSA) is 20.2 Å². The lowest BCUT2D eigenvalue weighted by Gasteiger charge is -2.27. The zero-order chi connectivity index (χ0) is 18.4. The highest BCUT2D eigenvalue weighted by molar-refractivity contribution is 5.79. The quantitative estimate of drug-likeness (QED) is 0.603. The van der Waals surface area contributed by atoms with Crippen molar-refractivity contribution in [3.8, 4) is 0 Å². The second-order valence-electron chi connectivity index (χ2n) is 7.14. The van der Waals surface area contributed by atoms with Crippen molar-refractivity contribution in [1.29, 1.82) is 0 Å². The summed E-state index contributed by atoms with van der Waals surface area (Å²) >= 11 is 0. The smallest absolute Gasteiger partial charge is 0.0528 e. The highest BCUT2D eigenvalue weighted by atomic mass is 16.3. The molecule has 0 aliphatic rings. The summed E-state index contributed by atoms with van der Waals surface area (Å²) in [6.45, 7) is 4.33. The molecule has 0 radical (unpaired) electrons. The van der Waals surface area contributed by atoms with Crippen LogP contribution in [0.2, 0.25) is 0 Å². The van der Waals surface area contributed by atoms with Crippen molar-refractivity contribution < 1.29 is 5.11 Å². The van der Waals surface area contributed by atoms with E-state index >= 15 is 0 Å². The predicted molar refractivity (Wildman–Crippen MR) is 110 cm³/mol. The highest BCUT2D eigenvalue weighted by Crippen LogP contribution is 2.31. The van der Waals surface area contributed by atoms with Crippen LogP contribution < -0.4 is 0 Å². The Labute approximate surface area is 156 Å². The molecule has 1 heteroatoms. The van der Waals surface area contributed by atoms with E-state index in [0.717, 1.165) is 6.42 Å². The van der Waals surface area contributed by atoms with Crippen molar-refractivity contribution in [2.45, 2.75) is 25.7 Å². The van der Waals surface area contributed by atoms with Crippen LogP contribution in [0, 0.1) is 6.92 Å². The molecule has 0 amide bonds. The van der Waals surface area contributed by atoms with Gasteiger partial charge < -0.3 is 5.11 Å². The Kier molecular flexibility index (Phi) is 5.70. The summed E-state index contributed by atoms with van der Waals surface area (Å²) in [6.07, 6.45) is 3.03. The van der Waals surface area contributed by atoms with E-state index in [-0.39, 0.29) is 12.0 Å². The first-order valence-corrected chi connectivity index (χ1v) is 9.11. The maximum Gasteiger partial charge on any atom is 0.0528 e. The van der Waals surface area contributed by atoms with E-state index < -0.39 is 0 Å². The summed E-state index contributed by atoms with van der Waals surface area (Å²) in [5.74, 6) is 0. The molecule has 0 fully saturated rings. The standard InChI is InChI=1S/C25H26O/c1-20-13-15-23(16-14-20)25(2,19-26)18-17-24(21-9-5-3-6-10-21)22-11-7-4-8-12-22/h3-17,26H,18-19H2,1-2H3. The van der Waals surface area contributed by atoms with Gasteiger partial charge in [0.25, 0.3) is 0 Å². The lowest BCUT2D eigenvalue weighted by Crippen LogP contribution is -2.26. The molecule has 1 N–H and O–H groups in total. The number of allylic oxidation sites excluding steroid dienone is 1. The number of aliphatic hydroxyl groups excluding tert-OH is 1. The first kappa shape index (κ1) is 18.2. The van der Waals surface area contributed by atoms with Gasteiger partial charge in [-0.2, -0.15) is 0 Å². The molecule has 0 aliphatic carbocycles. The zero-order valence-electron chi connectivity index (χ0n) is 15.5. The van der Waals surface area contributed by atoms with E-state index in [4.69, 9.17) is 0 Å². The average Bonchev–Trinajstić information content (AvgIpc) is 2.70. The molecule has 0 bridgehead atoms. The molecule has 0 saturated heterocycles. The van der Waals surface area contributed by atoms with Crippen LogP contribution in [0.1, 0.15) is 35.6 Å². The van der Waals surface area contributed by atoms with Gasteiger partial charge >= 0.3 is 0 Å². The highest BCUT2D eigenvalue weighted by Gasteiger charge is 2.25. The van der Waals surface area contributed by atoms with Crippen LogP contribution in [0.5, 0.6) is 0 Å². The molecule has 0 aromatic heterocycles. The first-order valence-electron chi connectivity index (χ1n) is 9.11. The maximum atomic E-state index is 10.1. The van der Waals surface area contributed by atoms with Crippen molar-refractivity contribution in [2.24, 2.45) is 0 Å². The molecule has 1 nitrogen and oxygen atoms in total. The average molecular weight is 342 g/mol. The van der Waals surface area contributed by atoms with Gasteiger partial charge in [-0.15, -0.1) is 0 Å². The molecule has 1 unspecified atom stereocenters. The van der Waals surface area contributed by atoms with Gasteiger partial charge in [-0.05, 0) is 35.6 Å². The van der Waals surface area contributed by atoms with Crippen LogP contribution in [0.25, 0.3) is 5.57 Å². The van der Waals surface area contributed by atoms with Crippen molar-refractivity contribution in [3.63, 3.8) is 0 Å². The fraction of sp³-hybridized carbons (Fsp3) is 0.200. The van der Waals surface area contributed by atoms with E-state index in [1.165, 1.54) is 27.8 Å². The van der Waals surface area contributed by atoms with Crippen LogP contribution in [-0.2, 0) is 5.41 Å². The third kappa shape index (κ3) is 4.12. The van der Waals surface area contributed by atoms with Gasteiger partial charge in [0.2, 0.25) is 0 Å². The Balaban J connectivity index is 1.98. The van der Waals surface area contributed by atoms with Crippen LogP contribution in [-0.4, -0.2) is 11.7 Å². The molecule has 1 atom stereocenters. The van der Waals surface area contributed by atoms with Crippen LogP contribution >= 0.6 is 0 Å². The van der Waals surface area contributed by atoms with E-state index in [9.17, 15) is 5.11 Å². The summed E-state index contributed by atoms with van der Waals surface area (Å²) in [5.41, 5.74) is 5.70. The summed E-state index contributed by atoms with van der Waals surface area (Å²) in [5, 5.41) is 10.1. The van der Waals surface area contributed by atoms with Crippen LogP contribution in [0.4, 0.5) is 0 Å². The fourth-order valence-electron chi connectivity index (χ4n) is 3.19. The van der Waals surface area contributed by atoms with Crippen molar-refractivity contribution in [1.82, 2.24) is 0 Å². The third-order valence-electron chi connectivity index (χ3n) is 5.02. The summed E-state index contributed by atoms with van der Waals surface area (Å²) in [4.78, 5) is 0. The first-order chi connectivity index (χ1) is 12.6.